The van der Waals surface area contributed by atoms with E-state index >= 15 is 0 Å². The van der Waals surface area contributed by atoms with Crippen molar-refractivity contribution in [1.82, 2.24) is 5.32 Å². The van der Waals surface area contributed by atoms with Crippen molar-refractivity contribution >= 4 is 6.08 Å². The van der Waals surface area contributed by atoms with Crippen molar-refractivity contribution in [2.75, 3.05) is 13.1 Å². The van der Waals surface area contributed by atoms with Crippen molar-refractivity contribution in [3.63, 3.8) is 0 Å². The van der Waals surface area contributed by atoms with Crippen LogP contribution in [0.4, 0.5) is 4.39 Å². The highest BCUT2D eigenvalue weighted by atomic mass is 19.1. The molecule has 0 aliphatic heterocycles. The zero-order valence-electron chi connectivity index (χ0n) is 11.2. The lowest BCUT2D eigenvalue weighted by Crippen LogP contribution is -2.21. The van der Waals surface area contributed by atoms with Crippen molar-refractivity contribution in [1.29, 1.82) is 0 Å². The molecule has 0 spiro atoms. The predicted molar refractivity (Wildman–Crippen MR) is 72.5 cm³/mol. The average molecular weight is 235 g/mol. The highest BCUT2D eigenvalue weighted by molar-refractivity contribution is 5.56. The van der Waals surface area contributed by atoms with E-state index in [9.17, 15) is 4.39 Å². The molecular formula is C15H22FN. The van der Waals surface area contributed by atoms with Gasteiger partial charge < -0.3 is 5.32 Å². The second kappa shape index (κ2) is 6.55. The molecule has 0 unspecified atom stereocenters. The fraction of sp³-hybridized carbons (Fsp3) is 0.467. The Morgan fingerprint density at radius 1 is 1.41 bits per heavy atom. The number of hydrogen-bond donors (Lipinski definition) is 1. The van der Waals surface area contributed by atoms with Gasteiger partial charge in [-0.2, -0.15) is 0 Å². The summed E-state index contributed by atoms with van der Waals surface area (Å²) < 4.78 is 12.9. The normalized spacial score (nSPS) is 12.2. The number of rotatable bonds is 5. The number of aryl methyl sites for hydroxylation is 1. The predicted octanol–water partition coefficient (Wildman–Crippen LogP) is 3.78. The molecule has 17 heavy (non-hydrogen) atoms. The maximum atomic E-state index is 12.9. The van der Waals surface area contributed by atoms with Crippen LogP contribution in [0.25, 0.3) is 6.08 Å². The van der Waals surface area contributed by atoms with Gasteiger partial charge in [-0.3, -0.25) is 0 Å². The lowest BCUT2D eigenvalue weighted by atomic mass is 10.1. The van der Waals surface area contributed by atoms with Crippen LogP contribution in [0.2, 0.25) is 0 Å². The van der Waals surface area contributed by atoms with Crippen LogP contribution in [-0.2, 0) is 0 Å². The van der Waals surface area contributed by atoms with Crippen molar-refractivity contribution in [2.24, 2.45) is 5.92 Å². The first-order chi connectivity index (χ1) is 7.99. The summed E-state index contributed by atoms with van der Waals surface area (Å²) in [5.41, 5.74) is 3.34. The number of benzene rings is 1. The maximum Gasteiger partial charge on any atom is 0.123 e. The molecule has 1 N–H and O–H groups in total. The average Bonchev–Trinajstić information content (AvgIpc) is 2.21. The summed E-state index contributed by atoms with van der Waals surface area (Å²) in [6, 6.07) is 4.91. The molecule has 0 aliphatic carbocycles. The van der Waals surface area contributed by atoms with E-state index in [1.165, 1.54) is 11.6 Å². The van der Waals surface area contributed by atoms with Crippen LogP contribution in [0.1, 0.15) is 31.9 Å². The van der Waals surface area contributed by atoms with Crippen LogP contribution >= 0.6 is 0 Å². The van der Waals surface area contributed by atoms with Crippen LogP contribution in [0, 0.1) is 18.7 Å². The molecule has 2 heteroatoms. The van der Waals surface area contributed by atoms with Gasteiger partial charge in [0.05, 0.1) is 0 Å². The second-order valence-corrected chi connectivity index (χ2v) is 5.02. The van der Waals surface area contributed by atoms with Crippen LogP contribution in [0.3, 0.4) is 0 Å². The fourth-order valence-corrected chi connectivity index (χ4v) is 1.68. The van der Waals surface area contributed by atoms with E-state index in [1.54, 1.807) is 6.07 Å². The Balaban J connectivity index is 2.61. The first-order valence-corrected chi connectivity index (χ1v) is 6.13. The Labute approximate surface area is 104 Å². The van der Waals surface area contributed by atoms with Crippen molar-refractivity contribution < 1.29 is 4.39 Å². The third-order valence-corrected chi connectivity index (χ3v) is 2.59. The molecule has 0 saturated heterocycles. The Hall–Kier alpha value is -1.15. The largest absolute Gasteiger partial charge is 0.313 e. The molecule has 94 valence electrons. The Morgan fingerprint density at radius 3 is 2.71 bits per heavy atom. The van der Waals surface area contributed by atoms with Gasteiger partial charge in [-0.15, -0.1) is 0 Å². The molecule has 1 rings (SSSR count). The fourth-order valence-electron chi connectivity index (χ4n) is 1.68. The maximum absolute atomic E-state index is 12.9. The topological polar surface area (TPSA) is 12.0 Å². The molecule has 0 atom stereocenters. The minimum atomic E-state index is -0.171. The molecule has 0 aliphatic rings. The quantitative estimate of drug-likeness (QED) is 0.819. The van der Waals surface area contributed by atoms with Crippen LogP contribution < -0.4 is 5.32 Å². The first-order valence-electron chi connectivity index (χ1n) is 6.13. The lowest BCUT2D eigenvalue weighted by Gasteiger charge is -2.08. The summed E-state index contributed by atoms with van der Waals surface area (Å²) in [7, 11) is 0. The molecule has 0 saturated carbocycles. The third-order valence-electron chi connectivity index (χ3n) is 2.59. The molecule has 0 bridgehead atoms. The number of nitrogens with one attached hydrogen (secondary N) is 1. The van der Waals surface area contributed by atoms with Gasteiger partial charge in [0.15, 0.2) is 0 Å². The van der Waals surface area contributed by atoms with Crippen LogP contribution in [0.5, 0.6) is 0 Å². The second-order valence-electron chi connectivity index (χ2n) is 5.02. The third kappa shape index (κ3) is 5.14. The minimum Gasteiger partial charge on any atom is -0.313 e. The minimum absolute atomic E-state index is 0.171. The number of halogens is 1. The standard InChI is InChI=1S/C15H22FN/c1-11(2)9-17-10-12(3)7-14-5-6-15(16)8-13(14)4/h5-8,11,17H,9-10H2,1-4H3. The lowest BCUT2D eigenvalue weighted by molar-refractivity contribution is 0.572. The van der Waals surface area contributed by atoms with Gasteiger partial charge in [0.25, 0.3) is 0 Å². The summed E-state index contributed by atoms with van der Waals surface area (Å²) in [6.45, 7) is 10.3. The first kappa shape index (κ1) is 13.9. The summed E-state index contributed by atoms with van der Waals surface area (Å²) in [4.78, 5) is 0. The zero-order chi connectivity index (χ0) is 12.8. The molecule has 1 aromatic carbocycles. The van der Waals surface area contributed by atoms with Crippen molar-refractivity contribution in [2.45, 2.75) is 27.7 Å². The van der Waals surface area contributed by atoms with Gasteiger partial charge in [-0.1, -0.05) is 31.6 Å². The number of hydrogen-bond acceptors (Lipinski definition) is 1. The summed E-state index contributed by atoms with van der Waals surface area (Å²) in [6.07, 6.45) is 2.11. The molecular weight excluding hydrogens is 213 g/mol. The molecule has 1 aromatic rings. The molecule has 0 heterocycles. The Morgan fingerprint density at radius 2 is 2.12 bits per heavy atom. The summed E-state index contributed by atoms with van der Waals surface area (Å²) in [5, 5.41) is 3.39. The molecule has 0 aromatic heterocycles. The van der Waals surface area contributed by atoms with E-state index in [-0.39, 0.29) is 5.82 Å². The van der Waals surface area contributed by atoms with E-state index < -0.39 is 0 Å². The van der Waals surface area contributed by atoms with Crippen molar-refractivity contribution in [3.8, 4) is 0 Å². The Bertz CT molecular complexity index is 394. The van der Waals surface area contributed by atoms with Crippen molar-refractivity contribution in [3.05, 3.63) is 40.7 Å². The van der Waals surface area contributed by atoms with Gasteiger partial charge in [0.1, 0.15) is 5.82 Å². The summed E-state index contributed by atoms with van der Waals surface area (Å²) >= 11 is 0. The smallest absolute Gasteiger partial charge is 0.123 e. The van der Waals surface area contributed by atoms with Gasteiger partial charge in [-0.05, 0) is 49.6 Å². The summed E-state index contributed by atoms with van der Waals surface area (Å²) in [5.74, 6) is 0.491. The zero-order valence-corrected chi connectivity index (χ0v) is 11.2. The van der Waals surface area contributed by atoms with E-state index in [2.05, 4.69) is 32.2 Å². The van der Waals surface area contributed by atoms with Gasteiger partial charge >= 0.3 is 0 Å². The molecule has 0 fully saturated rings. The highest BCUT2D eigenvalue weighted by Crippen LogP contribution is 2.13. The van der Waals surface area contributed by atoms with Gasteiger partial charge in [-0.25, -0.2) is 4.39 Å². The van der Waals surface area contributed by atoms with E-state index in [0.717, 1.165) is 24.2 Å². The Kier molecular flexibility index (Phi) is 5.36. The molecule has 1 nitrogen and oxygen atoms in total. The van der Waals surface area contributed by atoms with Crippen LogP contribution in [0.15, 0.2) is 23.8 Å². The van der Waals surface area contributed by atoms with E-state index in [4.69, 9.17) is 0 Å². The van der Waals surface area contributed by atoms with Gasteiger partial charge in [0, 0.05) is 6.54 Å². The van der Waals surface area contributed by atoms with Gasteiger partial charge in [0.2, 0.25) is 0 Å². The highest BCUT2D eigenvalue weighted by Gasteiger charge is 1.99. The van der Waals surface area contributed by atoms with E-state index in [0.29, 0.717) is 5.92 Å². The van der Waals surface area contributed by atoms with Crippen LogP contribution in [-0.4, -0.2) is 13.1 Å². The molecule has 0 amide bonds. The molecule has 0 radical (unpaired) electrons. The SMILES string of the molecule is CC(=Cc1ccc(F)cc1C)CNCC(C)C. The van der Waals surface area contributed by atoms with E-state index in [1.807, 2.05) is 13.0 Å². The monoisotopic (exact) mass is 235 g/mol.